The summed E-state index contributed by atoms with van der Waals surface area (Å²) in [6.07, 6.45) is 3.18. The highest BCUT2D eigenvalue weighted by atomic mass is 16.5. The molecular weight excluding hydrogens is 208 g/mol. The van der Waals surface area contributed by atoms with E-state index in [-0.39, 0.29) is 0 Å². The number of anilines is 1. The normalized spacial score (nSPS) is 9.75. The van der Waals surface area contributed by atoms with Gasteiger partial charge >= 0.3 is 0 Å². The molecule has 0 aliphatic heterocycles. The third kappa shape index (κ3) is 2.08. The Labute approximate surface area is 90.5 Å². The first-order chi connectivity index (χ1) is 7.77. The first-order valence-electron chi connectivity index (χ1n) is 4.51. The van der Waals surface area contributed by atoms with Crippen LogP contribution in [0.3, 0.4) is 0 Å². The second kappa shape index (κ2) is 4.30. The minimum atomic E-state index is 0.627. The number of fused-ring (bicyclic) bond motifs is 1. The lowest BCUT2D eigenvalue weighted by molar-refractivity contribution is 0.155. The van der Waals surface area contributed by atoms with Crippen molar-refractivity contribution >= 4 is 16.7 Å². The third-order valence-corrected chi connectivity index (χ3v) is 1.85. The molecular formula is C9H10N6O. The van der Waals surface area contributed by atoms with Crippen LogP contribution in [0.2, 0.25) is 0 Å². The van der Waals surface area contributed by atoms with E-state index in [0.717, 1.165) is 4.85 Å². The summed E-state index contributed by atoms with van der Waals surface area (Å²) in [5, 5.41) is 22.2. The average Bonchev–Trinajstić information content (AvgIpc) is 2.91. The maximum absolute atomic E-state index is 8.95. The molecule has 4 N–H and O–H groups in total. The number of para-hydroxylation sites is 1. The first kappa shape index (κ1) is 9.97. The number of nitrogens with one attached hydrogen (secondary N) is 1. The Hall–Kier alpha value is -2.57. The van der Waals surface area contributed by atoms with Crippen LogP contribution in [0.5, 0.6) is 0 Å². The van der Waals surface area contributed by atoms with Crippen molar-refractivity contribution in [2.24, 2.45) is 0 Å². The molecule has 2 heterocycles. The molecule has 0 fully saturated rings. The Morgan fingerprint density at radius 3 is 2.69 bits per heavy atom. The topological polar surface area (TPSA) is 106 Å². The standard InChI is InChI=1S/C6H5N3O.C3H5N3/c10-9-6-4-2-1-3-5(6)7-8-9;4-3-1-5-6-2-3/h1-4,10H;1-2H,4H2,(H,5,6). The fourth-order valence-corrected chi connectivity index (χ4v) is 1.12. The van der Waals surface area contributed by atoms with Crippen molar-refractivity contribution in [3.8, 4) is 0 Å². The molecule has 2 aromatic heterocycles. The maximum atomic E-state index is 8.95. The summed E-state index contributed by atoms with van der Waals surface area (Å²) in [7, 11) is 0. The summed E-state index contributed by atoms with van der Waals surface area (Å²) in [6.45, 7) is 0. The van der Waals surface area contributed by atoms with Gasteiger partial charge in [-0.2, -0.15) is 5.10 Å². The predicted molar refractivity (Wildman–Crippen MR) is 57.7 cm³/mol. The largest absolute Gasteiger partial charge is 0.410 e. The lowest BCUT2D eigenvalue weighted by Crippen LogP contribution is -1.90. The smallest absolute Gasteiger partial charge is 0.130 e. The van der Waals surface area contributed by atoms with E-state index in [1.807, 2.05) is 12.1 Å². The highest BCUT2D eigenvalue weighted by Gasteiger charge is 1.98. The number of H-pyrrole nitrogens is 1. The van der Waals surface area contributed by atoms with E-state index in [9.17, 15) is 0 Å². The summed E-state index contributed by atoms with van der Waals surface area (Å²) in [5.41, 5.74) is 7.19. The van der Waals surface area contributed by atoms with E-state index in [1.54, 1.807) is 24.5 Å². The van der Waals surface area contributed by atoms with E-state index in [2.05, 4.69) is 20.5 Å². The SMILES string of the molecule is Nc1cn[nH]c1.On1nnc2ccccc21. The number of aromatic nitrogens is 5. The van der Waals surface area contributed by atoms with Crippen LogP contribution in [0.4, 0.5) is 5.69 Å². The second-order valence-electron chi connectivity index (χ2n) is 3.00. The molecule has 3 aromatic rings. The van der Waals surface area contributed by atoms with Crippen LogP contribution in [-0.4, -0.2) is 30.6 Å². The van der Waals surface area contributed by atoms with Crippen molar-refractivity contribution in [2.45, 2.75) is 0 Å². The van der Waals surface area contributed by atoms with Gasteiger partial charge in [-0.15, -0.1) is 5.10 Å². The highest BCUT2D eigenvalue weighted by Crippen LogP contribution is 2.06. The number of benzene rings is 1. The molecule has 0 saturated carbocycles. The van der Waals surface area contributed by atoms with E-state index < -0.39 is 0 Å². The van der Waals surface area contributed by atoms with Crippen LogP contribution < -0.4 is 5.73 Å². The fourth-order valence-electron chi connectivity index (χ4n) is 1.12. The van der Waals surface area contributed by atoms with Gasteiger partial charge in [0.25, 0.3) is 0 Å². The molecule has 0 radical (unpaired) electrons. The van der Waals surface area contributed by atoms with Gasteiger partial charge in [0.2, 0.25) is 0 Å². The van der Waals surface area contributed by atoms with Crippen LogP contribution in [0.15, 0.2) is 36.7 Å². The van der Waals surface area contributed by atoms with E-state index in [0.29, 0.717) is 16.7 Å². The van der Waals surface area contributed by atoms with Crippen LogP contribution >= 0.6 is 0 Å². The van der Waals surface area contributed by atoms with Crippen LogP contribution in [0.25, 0.3) is 11.0 Å². The maximum Gasteiger partial charge on any atom is 0.130 e. The number of nitrogens with two attached hydrogens (primary N) is 1. The van der Waals surface area contributed by atoms with Crippen molar-refractivity contribution in [3.63, 3.8) is 0 Å². The van der Waals surface area contributed by atoms with Gasteiger partial charge in [-0.1, -0.05) is 17.0 Å². The van der Waals surface area contributed by atoms with Crippen molar-refractivity contribution in [3.05, 3.63) is 36.7 Å². The van der Waals surface area contributed by atoms with Crippen molar-refractivity contribution < 1.29 is 5.21 Å². The zero-order chi connectivity index (χ0) is 11.4. The molecule has 0 saturated heterocycles. The molecule has 0 unspecified atom stereocenters. The lowest BCUT2D eigenvalue weighted by atomic mass is 10.3. The van der Waals surface area contributed by atoms with Crippen molar-refractivity contribution in [1.29, 1.82) is 0 Å². The predicted octanol–water partition coefficient (Wildman–Crippen LogP) is 0.660. The van der Waals surface area contributed by atoms with Gasteiger partial charge in [0.05, 0.1) is 11.9 Å². The molecule has 0 aliphatic rings. The van der Waals surface area contributed by atoms with Gasteiger partial charge in [-0.3, -0.25) is 5.10 Å². The van der Waals surface area contributed by atoms with Gasteiger partial charge in [0.1, 0.15) is 11.0 Å². The number of hydrogen-bond acceptors (Lipinski definition) is 5. The highest BCUT2D eigenvalue weighted by molar-refractivity contribution is 5.73. The quantitative estimate of drug-likeness (QED) is 0.480. The number of hydrogen-bond donors (Lipinski definition) is 3. The number of nitrogen functional groups attached to an aromatic ring is 1. The average molecular weight is 218 g/mol. The Morgan fingerprint density at radius 2 is 2.12 bits per heavy atom. The Balaban J connectivity index is 0.000000138. The molecule has 0 atom stereocenters. The summed E-state index contributed by atoms with van der Waals surface area (Å²) in [5.74, 6) is 0. The van der Waals surface area contributed by atoms with Crippen molar-refractivity contribution in [1.82, 2.24) is 25.4 Å². The number of nitrogens with zero attached hydrogens (tertiary/aromatic N) is 4. The molecule has 1 aromatic carbocycles. The minimum Gasteiger partial charge on any atom is -0.410 e. The van der Waals surface area contributed by atoms with Gasteiger partial charge in [-0.05, 0) is 17.3 Å². The zero-order valence-corrected chi connectivity index (χ0v) is 8.28. The van der Waals surface area contributed by atoms with Crippen LogP contribution in [-0.2, 0) is 0 Å². The van der Waals surface area contributed by atoms with Gasteiger partial charge in [-0.25, -0.2) is 0 Å². The van der Waals surface area contributed by atoms with Gasteiger partial charge in [0, 0.05) is 6.20 Å². The molecule has 3 rings (SSSR count). The summed E-state index contributed by atoms with van der Waals surface area (Å²) in [6, 6.07) is 7.19. The summed E-state index contributed by atoms with van der Waals surface area (Å²) >= 11 is 0. The molecule has 0 amide bonds. The van der Waals surface area contributed by atoms with E-state index in [1.165, 1.54) is 0 Å². The monoisotopic (exact) mass is 218 g/mol. The number of aromatic amines is 1. The Morgan fingerprint density at radius 1 is 1.31 bits per heavy atom. The van der Waals surface area contributed by atoms with Crippen LogP contribution in [0, 0.1) is 0 Å². The van der Waals surface area contributed by atoms with Gasteiger partial charge < -0.3 is 10.9 Å². The van der Waals surface area contributed by atoms with Crippen molar-refractivity contribution in [2.75, 3.05) is 5.73 Å². The Bertz CT molecular complexity index is 558. The summed E-state index contributed by atoms with van der Waals surface area (Å²) in [4.78, 5) is 0.759. The van der Waals surface area contributed by atoms with E-state index in [4.69, 9.17) is 10.9 Å². The zero-order valence-electron chi connectivity index (χ0n) is 8.28. The third-order valence-electron chi connectivity index (χ3n) is 1.85. The Kier molecular flexibility index (Phi) is 2.68. The van der Waals surface area contributed by atoms with Crippen LogP contribution in [0.1, 0.15) is 0 Å². The lowest BCUT2D eigenvalue weighted by Gasteiger charge is -1.85. The molecule has 0 aliphatic carbocycles. The minimum absolute atomic E-state index is 0.627. The second-order valence-corrected chi connectivity index (χ2v) is 3.00. The number of rotatable bonds is 0. The molecule has 82 valence electrons. The molecule has 0 spiro atoms. The van der Waals surface area contributed by atoms with Gasteiger partial charge in [0.15, 0.2) is 0 Å². The first-order valence-corrected chi connectivity index (χ1v) is 4.51. The fraction of sp³-hybridized carbons (Fsp3) is 0. The molecule has 7 heteroatoms. The molecule has 7 nitrogen and oxygen atoms in total. The molecule has 16 heavy (non-hydrogen) atoms. The molecule has 0 bridgehead atoms. The summed E-state index contributed by atoms with van der Waals surface area (Å²) < 4.78 is 0. The van der Waals surface area contributed by atoms with E-state index >= 15 is 0 Å².